The molecule has 0 atom stereocenters. The highest BCUT2D eigenvalue weighted by molar-refractivity contribution is 6.30. The van der Waals surface area contributed by atoms with Crippen molar-refractivity contribution >= 4 is 11.6 Å². The number of rotatable bonds is 3. The van der Waals surface area contributed by atoms with Crippen LogP contribution in [0.25, 0.3) is 0 Å². The first-order chi connectivity index (χ1) is 6.63. The lowest BCUT2D eigenvalue weighted by atomic mass is 10.1. The molecule has 4 heteroatoms. The quantitative estimate of drug-likeness (QED) is 0.570. The van der Waals surface area contributed by atoms with Gasteiger partial charge in [-0.25, -0.2) is 0 Å². The molecule has 0 saturated heterocycles. The minimum absolute atomic E-state index is 0.201. The number of allylic oxidation sites excluding steroid dienone is 2. The second-order valence-electron chi connectivity index (χ2n) is 2.84. The summed E-state index contributed by atoms with van der Waals surface area (Å²) in [6.07, 6.45) is 1.84. The largest absolute Gasteiger partial charge is 0.259 e. The van der Waals surface area contributed by atoms with Crippen molar-refractivity contribution in [1.82, 2.24) is 0 Å². The van der Waals surface area contributed by atoms with Crippen LogP contribution in [0.15, 0.2) is 36.0 Å². The highest BCUT2D eigenvalue weighted by Crippen LogP contribution is 2.13. The molecule has 1 aromatic rings. The van der Waals surface area contributed by atoms with Crippen molar-refractivity contribution in [2.75, 3.05) is 0 Å². The fourth-order valence-electron chi connectivity index (χ4n) is 1.08. The van der Waals surface area contributed by atoms with E-state index in [1.807, 2.05) is 0 Å². The third-order valence-corrected chi connectivity index (χ3v) is 2.12. The fourth-order valence-corrected chi connectivity index (χ4v) is 1.21. The summed E-state index contributed by atoms with van der Waals surface area (Å²) >= 11 is 5.70. The molecule has 0 aliphatic carbocycles. The van der Waals surface area contributed by atoms with Crippen LogP contribution in [0.4, 0.5) is 0 Å². The lowest BCUT2D eigenvalue weighted by molar-refractivity contribution is -0.427. The van der Waals surface area contributed by atoms with Crippen LogP contribution >= 0.6 is 11.6 Å². The second kappa shape index (κ2) is 4.77. The third kappa shape index (κ3) is 2.85. The Morgan fingerprint density at radius 1 is 1.50 bits per heavy atom. The molecule has 0 heterocycles. The minimum Gasteiger partial charge on any atom is -0.259 e. The van der Waals surface area contributed by atoms with E-state index in [9.17, 15) is 10.1 Å². The van der Waals surface area contributed by atoms with Gasteiger partial charge in [0.25, 0.3) is 0 Å². The summed E-state index contributed by atoms with van der Waals surface area (Å²) in [6, 6.07) is 7.03. The molecule has 0 aliphatic heterocycles. The summed E-state index contributed by atoms with van der Waals surface area (Å²) in [4.78, 5) is 10.1. The zero-order valence-electron chi connectivity index (χ0n) is 7.74. The van der Waals surface area contributed by atoms with Gasteiger partial charge in [-0.05, 0) is 30.7 Å². The summed E-state index contributed by atoms with van der Waals surface area (Å²) in [5, 5.41) is 11.1. The Kier molecular flexibility index (Phi) is 3.65. The van der Waals surface area contributed by atoms with Crippen molar-refractivity contribution in [3.8, 4) is 0 Å². The molecule has 1 rings (SSSR count). The van der Waals surface area contributed by atoms with E-state index in [0.29, 0.717) is 11.4 Å². The van der Waals surface area contributed by atoms with Crippen molar-refractivity contribution in [1.29, 1.82) is 0 Å². The van der Waals surface area contributed by atoms with Gasteiger partial charge in [0.2, 0.25) is 5.70 Å². The molecule has 0 N–H and O–H groups in total. The van der Waals surface area contributed by atoms with Crippen molar-refractivity contribution < 1.29 is 4.92 Å². The second-order valence-corrected chi connectivity index (χ2v) is 3.28. The van der Waals surface area contributed by atoms with Gasteiger partial charge >= 0.3 is 0 Å². The predicted molar refractivity (Wildman–Crippen MR) is 55.9 cm³/mol. The zero-order valence-corrected chi connectivity index (χ0v) is 8.49. The summed E-state index contributed by atoms with van der Waals surface area (Å²) < 4.78 is 0. The van der Waals surface area contributed by atoms with Gasteiger partial charge in [0.1, 0.15) is 0 Å². The topological polar surface area (TPSA) is 43.1 Å². The average molecular weight is 212 g/mol. The van der Waals surface area contributed by atoms with E-state index in [0.717, 1.165) is 5.56 Å². The molecule has 0 fully saturated rings. The highest BCUT2D eigenvalue weighted by Gasteiger charge is 2.09. The maximum absolute atomic E-state index is 10.5. The molecule has 0 unspecified atom stereocenters. The van der Waals surface area contributed by atoms with E-state index >= 15 is 0 Å². The van der Waals surface area contributed by atoms with Crippen LogP contribution < -0.4 is 0 Å². The lowest BCUT2D eigenvalue weighted by Crippen LogP contribution is -2.01. The first-order valence-electron chi connectivity index (χ1n) is 4.17. The summed E-state index contributed by atoms with van der Waals surface area (Å²) in [5.74, 6) is 0. The zero-order chi connectivity index (χ0) is 10.6. The van der Waals surface area contributed by atoms with Crippen LogP contribution in [-0.2, 0) is 6.42 Å². The summed E-state index contributed by atoms with van der Waals surface area (Å²) in [7, 11) is 0. The van der Waals surface area contributed by atoms with Crippen LogP contribution in [0.2, 0.25) is 5.02 Å². The average Bonchev–Trinajstić information content (AvgIpc) is 2.16. The number of halogens is 1. The Morgan fingerprint density at radius 2 is 2.07 bits per heavy atom. The van der Waals surface area contributed by atoms with Gasteiger partial charge < -0.3 is 0 Å². The SMILES string of the molecule is CC=C(Cc1ccc(Cl)cc1)[N+](=O)[O-]. The van der Waals surface area contributed by atoms with Gasteiger partial charge in [0.05, 0.1) is 11.3 Å². The Bertz CT molecular complexity index is 357. The summed E-state index contributed by atoms with van der Waals surface area (Å²) in [5.41, 5.74) is 1.09. The normalized spacial score (nSPS) is 11.4. The van der Waals surface area contributed by atoms with Crippen LogP contribution in [0.1, 0.15) is 12.5 Å². The summed E-state index contributed by atoms with van der Waals surface area (Å²) in [6.45, 7) is 1.66. The van der Waals surface area contributed by atoms with Gasteiger partial charge in [0.15, 0.2) is 0 Å². The molecule has 14 heavy (non-hydrogen) atoms. The maximum atomic E-state index is 10.5. The Labute approximate surface area is 87.2 Å². The van der Waals surface area contributed by atoms with Crippen LogP contribution in [-0.4, -0.2) is 4.92 Å². The van der Waals surface area contributed by atoms with E-state index in [-0.39, 0.29) is 10.6 Å². The number of benzene rings is 1. The van der Waals surface area contributed by atoms with Gasteiger partial charge in [0, 0.05) is 5.02 Å². The molecular formula is C10H10ClNO2. The van der Waals surface area contributed by atoms with Crippen LogP contribution in [0.3, 0.4) is 0 Å². The Morgan fingerprint density at radius 3 is 2.50 bits per heavy atom. The Balaban J connectivity index is 2.78. The highest BCUT2D eigenvalue weighted by atomic mass is 35.5. The fraction of sp³-hybridized carbons (Fsp3) is 0.200. The van der Waals surface area contributed by atoms with E-state index in [4.69, 9.17) is 11.6 Å². The smallest absolute Gasteiger partial charge is 0.246 e. The maximum Gasteiger partial charge on any atom is 0.246 e. The van der Waals surface area contributed by atoms with Crippen LogP contribution in [0, 0.1) is 10.1 Å². The van der Waals surface area contributed by atoms with E-state index in [2.05, 4.69) is 0 Å². The lowest BCUT2D eigenvalue weighted by Gasteiger charge is -1.98. The number of nitrogens with zero attached hydrogens (tertiary/aromatic N) is 1. The first kappa shape index (κ1) is 10.7. The predicted octanol–water partition coefficient (Wildman–Crippen LogP) is 3.06. The monoisotopic (exact) mass is 211 g/mol. The third-order valence-electron chi connectivity index (χ3n) is 1.87. The molecule has 74 valence electrons. The van der Waals surface area contributed by atoms with Crippen molar-refractivity contribution in [2.24, 2.45) is 0 Å². The molecule has 1 aromatic carbocycles. The van der Waals surface area contributed by atoms with E-state index in [1.165, 1.54) is 6.08 Å². The molecule has 0 radical (unpaired) electrons. The Hall–Kier alpha value is -1.35. The van der Waals surface area contributed by atoms with E-state index in [1.54, 1.807) is 31.2 Å². The molecule has 0 aliphatic rings. The van der Waals surface area contributed by atoms with Crippen molar-refractivity contribution in [2.45, 2.75) is 13.3 Å². The number of hydrogen-bond donors (Lipinski definition) is 0. The van der Waals surface area contributed by atoms with Gasteiger partial charge in [-0.15, -0.1) is 0 Å². The molecule has 3 nitrogen and oxygen atoms in total. The molecule has 0 spiro atoms. The van der Waals surface area contributed by atoms with Crippen molar-refractivity contribution in [3.63, 3.8) is 0 Å². The molecule has 0 amide bonds. The van der Waals surface area contributed by atoms with Gasteiger partial charge in [-0.2, -0.15) is 0 Å². The number of nitro groups is 1. The first-order valence-corrected chi connectivity index (χ1v) is 4.55. The molecule has 0 aromatic heterocycles. The number of hydrogen-bond acceptors (Lipinski definition) is 2. The van der Waals surface area contributed by atoms with Gasteiger partial charge in [-0.3, -0.25) is 10.1 Å². The molecular weight excluding hydrogens is 202 g/mol. The van der Waals surface area contributed by atoms with Crippen LogP contribution in [0.5, 0.6) is 0 Å². The molecule has 0 saturated carbocycles. The standard InChI is InChI=1S/C10H10ClNO2/c1-2-10(12(13)14)7-8-3-5-9(11)6-4-8/h2-6H,7H2,1H3. The molecule has 0 bridgehead atoms. The van der Waals surface area contributed by atoms with Gasteiger partial charge in [-0.1, -0.05) is 23.7 Å². The van der Waals surface area contributed by atoms with E-state index < -0.39 is 0 Å². The minimum atomic E-state index is -0.366. The van der Waals surface area contributed by atoms with Crippen molar-refractivity contribution in [3.05, 3.63) is 56.7 Å².